The van der Waals surface area contributed by atoms with E-state index in [2.05, 4.69) is 17.6 Å². The van der Waals surface area contributed by atoms with E-state index in [9.17, 15) is 0 Å². The molecule has 0 amide bonds. The van der Waals surface area contributed by atoms with E-state index in [4.69, 9.17) is 13.3 Å². The molecule has 0 saturated heterocycles. The van der Waals surface area contributed by atoms with Crippen LogP contribution >= 0.6 is 0 Å². The standard InChI is InChI=1S/C14H35N3O3Si.ClH/c1-6-8-16-10-13-17(12-9-15-2)11-7-14-21(18-3,19-4)20-5;/h15-16H,6-14H2,1-5H3;1H. The minimum absolute atomic E-state index is 0. The van der Waals surface area contributed by atoms with Crippen LogP contribution in [0.1, 0.15) is 19.8 Å². The smallest absolute Gasteiger partial charge is 0.500 e. The maximum atomic E-state index is 5.47. The van der Waals surface area contributed by atoms with Gasteiger partial charge < -0.3 is 41.2 Å². The van der Waals surface area contributed by atoms with Gasteiger partial charge in [-0.15, -0.1) is 0 Å². The molecule has 1 unspecified atom stereocenters. The summed E-state index contributed by atoms with van der Waals surface area (Å²) in [5.41, 5.74) is 0. The summed E-state index contributed by atoms with van der Waals surface area (Å²) in [5.74, 6) is 0. The third-order valence-corrected chi connectivity index (χ3v) is 6.59. The lowest BCUT2D eigenvalue weighted by atomic mass is 10.3. The molecule has 1 atom stereocenters. The number of rotatable bonds is 15. The van der Waals surface area contributed by atoms with Crippen molar-refractivity contribution in [2.24, 2.45) is 0 Å². The average Bonchev–Trinajstić information content (AvgIpc) is 2.53. The van der Waals surface area contributed by atoms with Gasteiger partial charge in [-0.25, -0.2) is 0 Å². The molecule has 0 aliphatic carbocycles. The zero-order chi connectivity index (χ0) is 16.0. The second-order valence-electron chi connectivity index (χ2n) is 5.25. The normalized spacial score (nSPS) is 13.0. The maximum absolute atomic E-state index is 5.47. The first-order valence-electron chi connectivity index (χ1n) is 8.02. The summed E-state index contributed by atoms with van der Waals surface area (Å²) in [6, 6.07) is 0.877. The van der Waals surface area contributed by atoms with Crippen LogP contribution in [0.2, 0.25) is 6.04 Å². The van der Waals surface area contributed by atoms with Crippen molar-refractivity contribution in [1.29, 1.82) is 0 Å². The van der Waals surface area contributed by atoms with Gasteiger partial charge in [0.15, 0.2) is 0 Å². The van der Waals surface area contributed by atoms with Gasteiger partial charge in [0.25, 0.3) is 0 Å². The molecule has 0 bridgehead atoms. The number of nitrogens with one attached hydrogen (secondary N) is 3. The Morgan fingerprint density at radius 1 is 0.909 bits per heavy atom. The van der Waals surface area contributed by atoms with E-state index in [0.717, 1.165) is 51.7 Å². The lowest BCUT2D eigenvalue weighted by molar-refractivity contribution is -0.897. The van der Waals surface area contributed by atoms with Gasteiger partial charge in [0.05, 0.1) is 19.6 Å². The van der Waals surface area contributed by atoms with Crippen molar-refractivity contribution < 1.29 is 30.6 Å². The van der Waals surface area contributed by atoms with E-state index in [1.807, 2.05) is 7.05 Å². The van der Waals surface area contributed by atoms with Crippen molar-refractivity contribution in [2.45, 2.75) is 25.8 Å². The van der Waals surface area contributed by atoms with E-state index in [1.54, 1.807) is 26.2 Å². The van der Waals surface area contributed by atoms with Crippen LogP contribution < -0.4 is 27.9 Å². The summed E-state index contributed by atoms with van der Waals surface area (Å²) in [7, 11) is 4.64. The van der Waals surface area contributed by atoms with Crippen LogP contribution in [0.15, 0.2) is 0 Å². The first kappa shape index (κ1) is 24.5. The molecule has 3 N–H and O–H groups in total. The summed E-state index contributed by atoms with van der Waals surface area (Å²) < 4.78 is 16.4. The molecule has 6 nitrogen and oxygen atoms in total. The number of halogens is 1. The van der Waals surface area contributed by atoms with E-state index < -0.39 is 8.80 Å². The topological polar surface area (TPSA) is 56.2 Å². The van der Waals surface area contributed by atoms with Crippen LogP contribution in [0.5, 0.6) is 0 Å². The molecule has 0 aromatic heterocycles. The molecular formula is C14H36ClN3O3Si. The van der Waals surface area contributed by atoms with Crippen LogP contribution in [0.3, 0.4) is 0 Å². The van der Waals surface area contributed by atoms with Crippen molar-refractivity contribution >= 4 is 8.80 Å². The van der Waals surface area contributed by atoms with Gasteiger partial charge in [0, 0.05) is 46.9 Å². The highest BCUT2D eigenvalue weighted by Crippen LogP contribution is 2.13. The van der Waals surface area contributed by atoms with Crippen LogP contribution in [0.25, 0.3) is 0 Å². The van der Waals surface area contributed by atoms with Crippen LogP contribution in [0.4, 0.5) is 0 Å². The fourth-order valence-corrected chi connectivity index (χ4v) is 4.08. The highest BCUT2D eigenvalue weighted by molar-refractivity contribution is 6.60. The fraction of sp³-hybridized carbons (Fsp3) is 1.00. The van der Waals surface area contributed by atoms with Gasteiger partial charge in [-0.1, -0.05) is 6.92 Å². The van der Waals surface area contributed by atoms with E-state index in [-0.39, 0.29) is 12.4 Å². The molecular weight excluding hydrogens is 322 g/mol. The minimum Gasteiger partial charge on any atom is -1.00 e. The quantitative estimate of drug-likeness (QED) is 0.208. The van der Waals surface area contributed by atoms with E-state index >= 15 is 0 Å². The average molecular weight is 358 g/mol. The van der Waals surface area contributed by atoms with Gasteiger partial charge in [-0.2, -0.15) is 0 Å². The van der Waals surface area contributed by atoms with Crippen LogP contribution in [0, 0.1) is 0 Å². The third kappa shape index (κ3) is 10.9. The second kappa shape index (κ2) is 16.1. The SMILES string of the molecule is CCCNCC[NH+](CCC[Si](OC)(OC)OC)CCNC.[Cl-]. The Morgan fingerprint density at radius 2 is 1.50 bits per heavy atom. The zero-order valence-electron chi connectivity index (χ0n) is 15.0. The molecule has 0 heterocycles. The predicted octanol–water partition coefficient (Wildman–Crippen LogP) is -3.64. The number of likely N-dealkylation sites (N-methyl/N-ethyl adjacent to an activating group) is 1. The molecule has 22 heavy (non-hydrogen) atoms. The molecule has 0 rings (SSSR count). The first-order chi connectivity index (χ1) is 10.2. The number of hydrogen-bond acceptors (Lipinski definition) is 5. The van der Waals surface area contributed by atoms with Crippen molar-refractivity contribution in [2.75, 3.05) is 67.6 Å². The summed E-state index contributed by atoms with van der Waals surface area (Å²) in [6.45, 7) is 8.85. The number of hydrogen-bond donors (Lipinski definition) is 3. The first-order valence-corrected chi connectivity index (χ1v) is 9.95. The third-order valence-electron chi connectivity index (χ3n) is 3.76. The van der Waals surface area contributed by atoms with Crippen molar-refractivity contribution in [1.82, 2.24) is 10.6 Å². The fourth-order valence-electron chi connectivity index (χ4n) is 2.35. The summed E-state index contributed by atoms with van der Waals surface area (Å²) in [4.78, 5) is 1.61. The number of quaternary nitrogens is 1. The molecule has 0 aliphatic heterocycles. The van der Waals surface area contributed by atoms with Crippen molar-refractivity contribution in [3.8, 4) is 0 Å². The Kier molecular flexibility index (Phi) is 18.0. The summed E-state index contributed by atoms with van der Waals surface area (Å²) >= 11 is 0. The monoisotopic (exact) mass is 357 g/mol. The molecule has 0 aliphatic rings. The van der Waals surface area contributed by atoms with Gasteiger partial charge in [-0.05, 0) is 20.0 Å². The molecule has 0 saturated carbocycles. The van der Waals surface area contributed by atoms with Gasteiger partial charge in [-0.3, -0.25) is 0 Å². The van der Waals surface area contributed by atoms with Gasteiger partial charge in [0.2, 0.25) is 0 Å². The highest BCUT2D eigenvalue weighted by Gasteiger charge is 2.37. The highest BCUT2D eigenvalue weighted by atomic mass is 35.5. The lowest BCUT2D eigenvalue weighted by Crippen LogP contribution is -3.13. The Labute approximate surface area is 144 Å². The molecule has 136 valence electrons. The van der Waals surface area contributed by atoms with Crippen molar-refractivity contribution in [3.63, 3.8) is 0 Å². The van der Waals surface area contributed by atoms with Crippen molar-refractivity contribution in [3.05, 3.63) is 0 Å². The predicted molar refractivity (Wildman–Crippen MR) is 88.9 cm³/mol. The van der Waals surface area contributed by atoms with Crippen LogP contribution in [-0.2, 0) is 13.3 Å². The summed E-state index contributed by atoms with van der Waals surface area (Å²) in [5, 5.41) is 6.71. The Bertz CT molecular complexity index is 229. The maximum Gasteiger partial charge on any atom is 0.500 e. The van der Waals surface area contributed by atoms with Crippen LogP contribution in [-0.4, -0.2) is 76.5 Å². The Hall–Kier alpha value is 0.267. The molecule has 0 radical (unpaired) electrons. The van der Waals surface area contributed by atoms with Gasteiger partial charge in [0.1, 0.15) is 0 Å². The zero-order valence-corrected chi connectivity index (χ0v) is 16.7. The molecule has 8 heteroatoms. The lowest BCUT2D eigenvalue weighted by Gasteiger charge is -2.25. The Morgan fingerprint density at radius 3 is 2.00 bits per heavy atom. The molecule has 0 fully saturated rings. The summed E-state index contributed by atoms with van der Waals surface area (Å²) in [6.07, 6.45) is 2.25. The largest absolute Gasteiger partial charge is 1.00 e. The molecule has 0 aromatic rings. The Balaban J connectivity index is 0. The van der Waals surface area contributed by atoms with E-state index in [1.165, 1.54) is 6.42 Å². The van der Waals surface area contributed by atoms with E-state index in [0.29, 0.717) is 0 Å². The second-order valence-corrected chi connectivity index (χ2v) is 8.34. The molecule has 0 aromatic carbocycles. The molecule has 0 spiro atoms. The van der Waals surface area contributed by atoms with Gasteiger partial charge >= 0.3 is 8.80 Å². The minimum atomic E-state index is -2.40.